The number of benzene rings is 1. The number of aryl methyl sites for hydroxylation is 2. The predicted octanol–water partition coefficient (Wildman–Crippen LogP) is 3.70. The topological polar surface area (TPSA) is 51.8 Å². The van der Waals surface area contributed by atoms with Crippen LogP contribution in [0.1, 0.15) is 10.4 Å². The number of rotatable bonds is 1. The fourth-order valence-corrected chi connectivity index (χ4v) is 2.89. The average Bonchev–Trinajstić information content (AvgIpc) is 2.70. The first-order valence-corrected chi connectivity index (χ1v) is 6.66. The molecule has 0 aliphatic carbocycles. The van der Waals surface area contributed by atoms with Crippen molar-refractivity contribution in [1.82, 2.24) is 9.97 Å². The summed E-state index contributed by atoms with van der Waals surface area (Å²) in [5.41, 5.74) is 7.76. The van der Waals surface area contributed by atoms with Crippen LogP contribution in [0.5, 0.6) is 0 Å². The van der Waals surface area contributed by atoms with Crippen LogP contribution >= 0.6 is 11.3 Å². The summed E-state index contributed by atoms with van der Waals surface area (Å²) in [7, 11) is 0. The van der Waals surface area contributed by atoms with E-state index in [9.17, 15) is 4.39 Å². The Morgan fingerprint density at radius 1 is 1.16 bits per heavy atom. The van der Waals surface area contributed by atoms with Crippen molar-refractivity contribution in [1.29, 1.82) is 0 Å². The molecule has 0 spiro atoms. The van der Waals surface area contributed by atoms with E-state index in [2.05, 4.69) is 23.8 Å². The largest absolute Gasteiger partial charge is 0.383 e. The first-order chi connectivity index (χ1) is 9.04. The van der Waals surface area contributed by atoms with E-state index in [0.717, 1.165) is 4.88 Å². The molecule has 0 aliphatic heterocycles. The van der Waals surface area contributed by atoms with Gasteiger partial charge in [0.25, 0.3) is 0 Å². The first kappa shape index (κ1) is 12.0. The lowest BCUT2D eigenvalue weighted by Gasteiger charge is -2.03. The van der Waals surface area contributed by atoms with Crippen LogP contribution in [0.25, 0.3) is 21.6 Å². The highest BCUT2D eigenvalue weighted by atomic mass is 32.1. The summed E-state index contributed by atoms with van der Waals surface area (Å²) < 4.78 is 13.2. The van der Waals surface area contributed by atoms with Gasteiger partial charge in [-0.1, -0.05) is 0 Å². The van der Waals surface area contributed by atoms with Crippen molar-refractivity contribution in [3.05, 3.63) is 40.5 Å². The fraction of sp³-hybridized carbons (Fsp3) is 0.143. The van der Waals surface area contributed by atoms with Crippen LogP contribution in [-0.4, -0.2) is 9.97 Å². The Balaban J connectivity index is 2.23. The van der Waals surface area contributed by atoms with E-state index in [4.69, 9.17) is 5.73 Å². The highest BCUT2D eigenvalue weighted by molar-refractivity contribution is 7.15. The number of nitrogens with two attached hydrogens (primary N) is 1. The molecule has 2 heterocycles. The second-order valence-corrected chi connectivity index (χ2v) is 5.70. The van der Waals surface area contributed by atoms with Crippen LogP contribution in [-0.2, 0) is 0 Å². The van der Waals surface area contributed by atoms with Crippen molar-refractivity contribution in [2.75, 3.05) is 5.73 Å². The van der Waals surface area contributed by atoms with Gasteiger partial charge in [0, 0.05) is 10.3 Å². The number of halogens is 1. The van der Waals surface area contributed by atoms with E-state index in [0.29, 0.717) is 22.5 Å². The van der Waals surface area contributed by atoms with Crippen LogP contribution < -0.4 is 5.73 Å². The minimum Gasteiger partial charge on any atom is -0.383 e. The zero-order valence-corrected chi connectivity index (χ0v) is 11.4. The molecule has 0 radical (unpaired) electrons. The molecule has 0 unspecified atom stereocenters. The van der Waals surface area contributed by atoms with Crippen molar-refractivity contribution in [2.45, 2.75) is 13.8 Å². The smallest absolute Gasteiger partial charge is 0.172 e. The molecule has 0 bridgehead atoms. The lowest BCUT2D eigenvalue weighted by molar-refractivity contribution is 0.629. The monoisotopic (exact) mass is 273 g/mol. The average molecular weight is 273 g/mol. The summed E-state index contributed by atoms with van der Waals surface area (Å²) in [4.78, 5) is 10.9. The summed E-state index contributed by atoms with van der Waals surface area (Å²) in [6.07, 6.45) is 0. The Kier molecular flexibility index (Phi) is 2.71. The SMILES string of the molecule is Cc1cc(-c2nc(N)c3cc(F)ccc3n2)sc1C. The second-order valence-electron chi connectivity index (χ2n) is 4.44. The quantitative estimate of drug-likeness (QED) is 0.735. The maximum absolute atomic E-state index is 13.2. The van der Waals surface area contributed by atoms with Crippen LogP contribution in [0, 0.1) is 19.7 Å². The maximum Gasteiger partial charge on any atom is 0.172 e. The van der Waals surface area contributed by atoms with Crippen molar-refractivity contribution in [3.63, 3.8) is 0 Å². The van der Waals surface area contributed by atoms with Crippen molar-refractivity contribution in [2.24, 2.45) is 0 Å². The maximum atomic E-state index is 13.2. The standard InChI is InChI=1S/C14H12FN3S/c1-7-5-12(19-8(7)2)14-17-11-4-3-9(15)6-10(11)13(16)18-14/h3-6H,1-2H3,(H2,16,17,18). The van der Waals surface area contributed by atoms with Gasteiger partial charge in [0.2, 0.25) is 0 Å². The van der Waals surface area contributed by atoms with E-state index in [1.165, 1.54) is 22.6 Å². The second kappa shape index (κ2) is 4.28. The Morgan fingerprint density at radius 2 is 1.95 bits per heavy atom. The third-order valence-electron chi connectivity index (χ3n) is 3.07. The summed E-state index contributed by atoms with van der Waals surface area (Å²) >= 11 is 1.63. The van der Waals surface area contributed by atoms with Crippen molar-refractivity contribution in [3.8, 4) is 10.7 Å². The molecule has 0 atom stereocenters. The van der Waals surface area contributed by atoms with Crippen LogP contribution in [0.15, 0.2) is 24.3 Å². The molecular formula is C14H12FN3S. The molecule has 2 N–H and O–H groups in total. The molecule has 3 rings (SSSR count). The Labute approximate surface area is 113 Å². The summed E-state index contributed by atoms with van der Waals surface area (Å²) in [5, 5.41) is 0.550. The van der Waals surface area contributed by atoms with Gasteiger partial charge in [-0.25, -0.2) is 14.4 Å². The molecule has 0 fully saturated rings. The molecular weight excluding hydrogens is 261 g/mol. The van der Waals surface area contributed by atoms with Gasteiger partial charge in [0.05, 0.1) is 10.4 Å². The number of nitrogen functional groups attached to an aromatic ring is 1. The van der Waals surface area contributed by atoms with Crippen LogP contribution in [0.2, 0.25) is 0 Å². The number of nitrogens with zero attached hydrogens (tertiary/aromatic N) is 2. The van der Waals surface area contributed by atoms with Crippen LogP contribution in [0.3, 0.4) is 0 Å². The Morgan fingerprint density at radius 3 is 2.63 bits per heavy atom. The molecule has 3 aromatic rings. The lowest BCUT2D eigenvalue weighted by Crippen LogP contribution is -1.97. The predicted molar refractivity (Wildman–Crippen MR) is 76.7 cm³/mol. The van der Waals surface area contributed by atoms with E-state index in [-0.39, 0.29) is 5.82 Å². The number of hydrogen-bond donors (Lipinski definition) is 1. The highest BCUT2D eigenvalue weighted by Crippen LogP contribution is 2.30. The van der Waals surface area contributed by atoms with Gasteiger partial charge in [-0.15, -0.1) is 11.3 Å². The van der Waals surface area contributed by atoms with Gasteiger partial charge < -0.3 is 5.73 Å². The molecule has 0 saturated heterocycles. The zero-order chi connectivity index (χ0) is 13.6. The number of anilines is 1. The zero-order valence-electron chi connectivity index (χ0n) is 10.6. The number of hydrogen-bond acceptors (Lipinski definition) is 4. The molecule has 0 amide bonds. The van der Waals surface area contributed by atoms with Crippen LogP contribution in [0.4, 0.5) is 10.2 Å². The minimum atomic E-state index is -0.335. The van der Waals surface area contributed by atoms with E-state index < -0.39 is 0 Å². The van der Waals surface area contributed by atoms with Gasteiger partial charge in [-0.05, 0) is 43.7 Å². The number of aromatic nitrogens is 2. The van der Waals surface area contributed by atoms with Crippen molar-refractivity contribution >= 4 is 28.1 Å². The minimum absolute atomic E-state index is 0.309. The number of thiophene rings is 1. The molecule has 96 valence electrons. The van der Waals surface area contributed by atoms with E-state index >= 15 is 0 Å². The van der Waals surface area contributed by atoms with E-state index in [1.807, 2.05) is 6.07 Å². The first-order valence-electron chi connectivity index (χ1n) is 5.85. The summed E-state index contributed by atoms with van der Waals surface area (Å²) in [6.45, 7) is 4.11. The van der Waals surface area contributed by atoms with Gasteiger partial charge >= 0.3 is 0 Å². The molecule has 2 aromatic heterocycles. The third-order valence-corrected chi connectivity index (χ3v) is 4.22. The van der Waals surface area contributed by atoms with Gasteiger partial charge in [0.15, 0.2) is 5.82 Å². The Hall–Kier alpha value is -2.01. The van der Waals surface area contributed by atoms with Gasteiger partial charge in [-0.2, -0.15) is 0 Å². The molecule has 5 heteroatoms. The number of fused-ring (bicyclic) bond motifs is 1. The highest BCUT2D eigenvalue weighted by Gasteiger charge is 2.11. The summed E-state index contributed by atoms with van der Waals surface area (Å²) in [5.74, 6) is 0.569. The lowest BCUT2D eigenvalue weighted by atomic mass is 10.2. The van der Waals surface area contributed by atoms with E-state index in [1.54, 1.807) is 17.4 Å². The third kappa shape index (κ3) is 2.06. The Bertz CT molecular complexity index is 760. The van der Waals surface area contributed by atoms with Crippen molar-refractivity contribution < 1.29 is 4.39 Å². The fourth-order valence-electron chi connectivity index (χ4n) is 1.92. The molecule has 0 saturated carbocycles. The normalized spacial score (nSPS) is 11.1. The van der Waals surface area contributed by atoms with Gasteiger partial charge in [0.1, 0.15) is 11.6 Å². The summed E-state index contributed by atoms with van der Waals surface area (Å²) in [6, 6.07) is 6.41. The van der Waals surface area contributed by atoms with Gasteiger partial charge in [-0.3, -0.25) is 0 Å². The molecule has 3 nitrogen and oxygen atoms in total. The molecule has 1 aromatic carbocycles. The molecule has 0 aliphatic rings. The molecule has 19 heavy (non-hydrogen) atoms.